The number of hydrazine groups is 1. The van der Waals surface area contributed by atoms with Gasteiger partial charge in [-0.15, -0.1) is 0 Å². The summed E-state index contributed by atoms with van der Waals surface area (Å²) in [5.74, 6) is 4.56. The standard InChI is InChI=1S/C16H24F2N2O/c1-3-21-16(9-5-4-6-10-16)15(20-19)13-12(17)8-7-11(2)14(13)18/h7-8,15,20H,3-6,9-10,19H2,1-2H3. The number of nitrogens with one attached hydrogen (secondary N) is 1. The fraction of sp³-hybridized carbons (Fsp3) is 0.625. The lowest BCUT2D eigenvalue weighted by molar-refractivity contribution is -0.0926. The molecule has 21 heavy (non-hydrogen) atoms. The van der Waals surface area contributed by atoms with Crippen molar-refractivity contribution in [3.8, 4) is 0 Å². The second-order valence-electron chi connectivity index (χ2n) is 5.75. The molecule has 0 amide bonds. The molecule has 3 nitrogen and oxygen atoms in total. The summed E-state index contributed by atoms with van der Waals surface area (Å²) in [4.78, 5) is 0. The number of rotatable bonds is 5. The zero-order chi connectivity index (χ0) is 15.5. The highest BCUT2D eigenvalue weighted by molar-refractivity contribution is 5.31. The molecule has 2 rings (SSSR count). The third-order valence-corrected chi connectivity index (χ3v) is 4.43. The Bertz CT molecular complexity index is 482. The molecule has 3 N–H and O–H groups in total. The van der Waals surface area contributed by atoms with Crippen LogP contribution in [0.4, 0.5) is 8.78 Å². The quantitative estimate of drug-likeness (QED) is 0.646. The van der Waals surface area contributed by atoms with Crippen molar-refractivity contribution in [3.63, 3.8) is 0 Å². The van der Waals surface area contributed by atoms with E-state index in [0.717, 1.165) is 32.1 Å². The van der Waals surface area contributed by atoms with Crippen LogP contribution < -0.4 is 11.3 Å². The Balaban J connectivity index is 2.48. The van der Waals surface area contributed by atoms with Crippen molar-refractivity contribution in [3.05, 3.63) is 34.9 Å². The van der Waals surface area contributed by atoms with Crippen LogP contribution in [0.3, 0.4) is 0 Å². The molecule has 1 saturated carbocycles. The molecule has 1 aliphatic carbocycles. The molecule has 0 aliphatic heterocycles. The van der Waals surface area contributed by atoms with Gasteiger partial charge in [0.2, 0.25) is 0 Å². The van der Waals surface area contributed by atoms with Gasteiger partial charge in [0, 0.05) is 12.2 Å². The number of hydrogen-bond donors (Lipinski definition) is 2. The maximum Gasteiger partial charge on any atom is 0.133 e. The van der Waals surface area contributed by atoms with Crippen LogP contribution >= 0.6 is 0 Å². The van der Waals surface area contributed by atoms with Gasteiger partial charge in [-0.2, -0.15) is 0 Å². The van der Waals surface area contributed by atoms with Crippen LogP contribution in [-0.4, -0.2) is 12.2 Å². The van der Waals surface area contributed by atoms with Gasteiger partial charge < -0.3 is 4.74 Å². The van der Waals surface area contributed by atoms with E-state index in [0.29, 0.717) is 12.2 Å². The van der Waals surface area contributed by atoms with E-state index < -0.39 is 23.3 Å². The van der Waals surface area contributed by atoms with E-state index in [4.69, 9.17) is 10.6 Å². The van der Waals surface area contributed by atoms with Crippen molar-refractivity contribution in [2.75, 3.05) is 6.61 Å². The minimum atomic E-state index is -0.683. The van der Waals surface area contributed by atoms with Gasteiger partial charge in [0.25, 0.3) is 0 Å². The van der Waals surface area contributed by atoms with Crippen molar-refractivity contribution in [2.45, 2.75) is 57.6 Å². The van der Waals surface area contributed by atoms with Gasteiger partial charge >= 0.3 is 0 Å². The molecule has 1 aromatic carbocycles. The monoisotopic (exact) mass is 298 g/mol. The summed E-state index contributed by atoms with van der Waals surface area (Å²) in [5, 5.41) is 0. The summed E-state index contributed by atoms with van der Waals surface area (Å²) in [6.45, 7) is 4.01. The van der Waals surface area contributed by atoms with Gasteiger partial charge in [0.15, 0.2) is 0 Å². The third-order valence-electron chi connectivity index (χ3n) is 4.43. The Morgan fingerprint density at radius 1 is 1.29 bits per heavy atom. The van der Waals surface area contributed by atoms with Crippen LogP contribution in [0, 0.1) is 18.6 Å². The lowest BCUT2D eigenvalue weighted by atomic mass is 9.76. The van der Waals surface area contributed by atoms with E-state index in [1.54, 1.807) is 6.92 Å². The first kappa shape index (κ1) is 16.3. The van der Waals surface area contributed by atoms with Crippen molar-refractivity contribution < 1.29 is 13.5 Å². The number of nitrogens with two attached hydrogens (primary N) is 1. The molecule has 0 bridgehead atoms. The Morgan fingerprint density at radius 3 is 2.52 bits per heavy atom. The van der Waals surface area contributed by atoms with E-state index in [1.807, 2.05) is 6.92 Å². The highest BCUT2D eigenvalue weighted by Gasteiger charge is 2.43. The number of aryl methyl sites for hydroxylation is 1. The zero-order valence-corrected chi connectivity index (χ0v) is 12.7. The molecule has 0 spiro atoms. The molecular weight excluding hydrogens is 274 g/mol. The summed E-state index contributed by atoms with van der Waals surface area (Å²) < 4.78 is 34.7. The van der Waals surface area contributed by atoms with Crippen molar-refractivity contribution in [1.29, 1.82) is 0 Å². The highest BCUT2D eigenvalue weighted by Crippen LogP contribution is 2.42. The van der Waals surface area contributed by atoms with Crippen LogP contribution in [0.15, 0.2) is 12.1 Å². The molecule has 1 fully saturated rings. The average Bonchev–Trinajstić information content (AvgIpc) is 2.49. The largest absolute Gasteiger partial charge is 0.373 e. The molecule has 118 valence electrons. The van der Waals surface area contributed by atoms with E-state index in [-0.39, 0.29) is 5.56 Å². The second-order valence-corrected chi connectivity index (χ2v) is 5.75. The van der Waals surface area contributed by atoms with Gasteiger partial charge in [0.05, 0.1) is 11.6 Å². The lowest BCUT2D eigenvalue weighted by Gasteiger charge is -2.43. The van der Waals surface area contributed by atoms with Crippen LogP contribution in [0.2, 0.25) is 0 Å². The van der Waals surface area contributed by atoms with Crippen LogP contribution in [-0.2, 0) is 4.74 Å². The molecular formula is C16H24F2N2O. The molecule has 0 radical (unpaired) electrons. The number of ether oxygens (including phenoxy) is 1. The smallest absolute Gasteiger partial charge is 0.133 e. The molecule has 0 aromatic heterocycles. The van der Waals surface area contributed by atoms with E-state index >= 15 is 0 Å². The summed E-state index contributed by atoms with van der Waals surface area (Å²) in [5.41, 5.74) is 2.38. The number of halogens is 2. The van der Waals surface area contributed by atoms with E-state index in [2.05, 4.69) is 5.43 Å². The Morgan fingerprint density at radius 2 is 1.95 bits per heavy atom. The predicted octanol–water partition coefficient (Wildman–Crippen LogP) is 3.52. The zero-order valence-electron chi connectivity index (χ0n) is 12.7. The van der Waals surface area contributed by atoms with E-state index in [9.17, 15) is 8.78 Å². The molecule has 5 heteroatoms. The molecule has 0 heterocycles. The normalized spacial score (nSPS) is 19.5. The molecule has 1 unspecified atom stereocenters. The Kier molecular flexibility index (Phi) is 5.30. The molecule has 0 saturated heterocycles. The summed E-state index contributed by atoms with van der Waals surface area (Å²) in [6.07, 6.45) is 4.58. The average molecular weight is 298 g/mol. The third kappa shape index (κ3) is 3.10. The van der Waals surface area contributed by atoms with Crippen molar-refractivity contribution in [2.24, 2.45) is 5.84 Å². The van der Waals surface area contributed by atoms with Gasteiger partial charge in [-0.1, -0.05) is 25.3 Å². The summed E-state index contributed by atoms with van der Waals surface area (Å²) in [7, 11) is 0. The minimum Gasteiger partial charge on any atom is -0.373 e. The first-order valence-corrected chi connectivity index (χ1v) is 7.60. The Labute approximate surface area is 124 Å². The number of benzene rings is 1. The maximum absolute atomic E-state index is 14.5. The fourth-order valence-corrected chi connectivity index (χ4v) is 3.40. The summed E-state index contributed by atoms with van der Waals surface area (Å²) in [6, 6.07) is 2.05. The van der Waals surface area contributed by atoms with Crippen molar-refractivity contribution >= 4 is 0 Å². The Hall–Kier alpha value is -1.04. The van der Waals surface area contributed by atoms with E-state index in [1.165, 1.54) is 12.1 Å². The van der Waals surface area contributed by atoms with Crippen LogP contribution in [0.25, 0.3) is 0 Å². The van der Waals surface area contributed by atoms with Crippen LogP contribution in [0.1, 0.15) is 56.2 Å². The van der Waals surface area contributed by atoms with Gasteiger partial charge in [0.1, 0.15) is 11.6 Å². The lowest BCUT2D eigenvalue weighted by Crippen LogP contribution is -2.50. The number of hydrogen-bond acceptors (Lipinski definition) is 3. The molecule has 1 aliphatic rings. The van der Waals surface area contributed by atoms with Gasteiger partial charge in [-0.25, -0.2) is 14.2 Å². The fourth-order valence-electron chi connectivity index (χ4n) is 3.40. The molecule has 1 aromatic rings. The SMILES string of the molecule is CCOC1(C(NN)c2c(F)ccc(C)c2F)CCCCC1. The molecule has 1 atom stereocenters. The maximum atomic E-state index is 14.5. The van der Waals surface area contributed by atoms with Crippen LogP contribution in [0.5, 0.6) is 0 Å². The minimum absolute atomic E-state index is 0.00662. The summed E-state index contributed by atoms with van der Waals surface area (Å²) >= 11 is 0. The topological polar surface area (TPSA) is 47.3 Å². The highest BCUT2D eigenvalue weighted by atomic mass is 19.1. The van der Waals surface area contributed by atoms with Gasteiger partial charge in [-0.05, 0) is 38.3 Å². The first-order chi connectivity index (χ1) is 10.1. The second kappa shape index (κ2) is 6.81. The first-order valence-electron chi connectivity index (χ1n) is 7.60. The van der Waals surface area contributed by atoms with Crippen molar-refractivity contribution in [1.82, 2.24) is 5.43 Å². The predicted molar refractivity (Wildman–Crippen MR) is 78.6 cm³/mol. The van der Waals surface area contributed by atoms with Gasteiger partial charge in [-0.3, -0.25) is 5.84 Å².